The average Bonchev–Trinajstić information content (AvgIpc) is 3.48. The number of imide groups is 1. The molecule has 3 heterocycles. The Bertz CT molecular complexity index is 1190. The molecule has 1 fully saturated rings. The molecule has 1 aromatic heterocycles. The molecule has 2 amide bonds. The summed E-state index contributed by atoms with van der Waals surface area (Å²) in [6.07, 6.45) is 0. The number of amides is 2. The summed E-state index contributed by atoms with van der Waals surface area (Å²) in [7, 11) is 0. The molecule has 2 atom stereocenters. The van der Waals surface area contributed by atoms with Crippen LogP contribution in [0.4, 0.5) is 5.69 Å². The van der Waals surface area contributed by atoms with Crippen molar-refractivity contribution in [2.75, 3.05) is 11.5 Å². The fourth-order valence-corrected chi connectivity index (χ4v) is 3.90. The van der Waals surface area contributed by atoms with Gasteiger partial charge in [-0.1, -0.05) is 26.3 Å². The van der Waals surface area contributed by atoms with E-state index in [0.717, 1.165) is 14.9 Å². The molecular weight excluding hydrogens is 480 g/mol. The van der Waals surface area contributed by atoms with Crippen LogP contribution < -0.4 is 9.64 Å². The Hall–Kier alpha value is -3.60. The maximum absolute atomic E-state index is 13.1. The largest absolute Gasteiger partial charge is 0.494 e. The van der Waals surface area contributed by atoms with Crippen molar-refractivity contribution in [2.24, 2.45) is 10.3 Å². The molecule has 5 rings (SSSR count). The van der Waals surface area contributed by atoms with Crippen molar-refractivity contribution in [1.82, 2.24) is 15.1 Å². The molecule has 0 N–H and O–H groups in total. The highest BCUT2D eigenvalue weighted by atomic mass is 79.9. The van der Waals surface area contributed by atoms with Crippen LogP contribution in [0.5, 0.6) is 5.75 Å². The molecule has 2 aliphatic heterocycles. The zero-order valence-electron chi connectivity index (χ0n) is 16.9. The van der Waals surface area contributed by atoms with Crippen LogP contribution in [0.15, 0.2) is 67.9 Å². The number of carbonyl (C=O) groups is 2. The van der Waals surface area contributed by atoms with Gasteiger partial charge in [0.25, 0.3) is 11.8 Å². The maximum Gasteiger partial charge on any atom is 0.263 e. The van der Waals surface area contributed by atoms with Gasteiger partial charge in [0.2, 0.25) is 11.7 Å². The predicted octanol–water partition coefficient (Wildman–Crippen LogP) is 3.39. The number of hydrogen-bond donors (Lipinski definition) is 0. The number of anilines is 1. The third-order valence-corrected chi connectivity index (χ3v) is 5.66. The van der Waals surface area contributed by atoms with Crippen LogP contribution in [0.2, 0.25) is 0 Å². The van der Waals surface area contributed by atoms with Gasteiger partial charge in [0, 0.05) is 10.0 Å². The van der Waals surface area contributed by atoms with Gasteiger partial charge in [-0.15, -0.1) is 0 Å². The highest BCUT2D eigenvalue weighted by Crippen LogP contribution is 2.33. The van der Waals surface area contributed by atoms with E-state index in [9.17, 15) is 9.59 Å². The zero-order valence-corrected chi connectivity index (χ0v) is 18.5. The summed E-state index contributed by atoms with van der Waals surface area (Å²) in [6.45, 7) is 2.47. The molecule has 0 aliphatic carbocycles. The highest BCUT2D eigenvalue weighted by molar-refractivity contribution is 9.10. The van der Waals surface area contributed by atoms with Crippen LogP contribution in [0.25, 0.3) is 11.4 Å². The summed E-state index contributed by atoms with van der Waals surface area (Å²) in [5.41, 5.74) is 1.25. The Balaban J connectivity index is 1.33. The second-order valence-electron chi connectivity index (χ2n) is 7.15. The fraction of sp³-hybridized carbons (Fsp3) is 0.238. The topological polar surface area (TPSA) is 113 Å². The van der Waals surface area contributed by atoms with Gasteiger partial charge in [-0.2, -0.15) is 10.1 Å². The first-order valence-corrected chi connectivity index (χ1v) is 10.7. The number of nitrogens with zero attached hydrogens (tertiary/aromatic N) is 6. The fourth-order valence-electron chi connectivity index (χ4n) is 3.64. The van der Waals surface area contributed by atoms with Gasteiger partial charge in [0.15, 0.2) is 12.1 Å². The lowest BCUT2D eigenvalue weighted by molar-refractivity contribution is -0.123. The Morgan fingerprint density at radius 1 is 1.06 bits per heavy atom. The number of fused-ring (bicyclic) bond motifs is 1. The standard InChI is InChI=1S/C21H17BrN6O4/c1-2-31-15-9-7-14(8-10-15)28-20(29)17-18(21(28)30)27(26-24-17)11-16-23-19(25-32-16)12-3-5-13(22)6-4-12/h3-10,17-18H,2,11H2,1H3/t17-,18-/m0/s1. The molecule has 2 aliphatic rings. The maximum atomic E-state index is 13.1. The number of halogens is 1. The number of rotatable bonds is 6. The molecule has 2 aromatic carbocycles. The van der Waals surface area contributed by atoms with Gasteiger partial charge < -0.3 is 9.26 Å². The Morgan fingerprint density at radius 2 is 1.81 bits per heavy atom. The number of carbonyl (C=O) groups excluding carboxylic acids is 2. The third-order valence-electron chi connectivity index (χ3n) is 5.13. The van der Waals surface area contributed by atoms with E-state index < -0.39 is 23.9 Å². The van der Waals surface area contributed by atoms with Gasteiger partial charge in [0.1, 0.15) is 12.3 Å². The number of ether oxygens (including phenoxy) is 1. The summed E-state index contributed by atoms with van der Waals surface area (Å²) in [5, 5.41) is 13.4. The van der Waals surface area contributed by atoms with Gasteiger partial charge in [-0.3, -0.25) is 14.6 Å². The molecule has 11 heteroatoms. The Labute approximate surface area is 191 Å². The van der Waals surface area contributed by atoms with Gasteiger partial charge in [-0.05, 0) is 55.5 Å². The second-order valence-corrected chi connectivity index (χ2v) is 8.07. The highest BCUT2D eigenvalue weighted by Gasteiger charge is 2.55. The van der Waals surface area contributed by atoms with Crippen molar-refractivity contribution in [3.8, 4) is 17.1 Å². The molecular formula is C21H17BrN6O4. The SMILES string of the molecule is CCOc1ccc(N2C(=O)[C@H]3N=NN(Cc4nc(-c5ccc(Br)cc5)no4)[C@@H]3C2=O)cc1. The molecule has 3 aromatic rings. The molecule has 1 saturated heterocycles. The smallest absolute Gasteiger partial charge is 0.263 e. The first kappa shape index (κ1) is 20.3. The lowest BCUT2D eigenvalue weighted by atomic mass is 10.1. The Morgan fingerprint density at radius 3 is 2.53 bits per heavy atom. The summed E-state index contributed by atoms with van der Waals surface area (Å²) in [5.74, 6) is 0.528. The van der Waals surface area contributed by atoms with Crippen LogP contribution in [-0.4, -0.2) is 45.7 Å². The van der Waals surface area contributed by atoms with E-state index in [1.165, 1.54) is 5.01 Å². The zero-order chi connectivity index (χ0) is 22.2. The molecule has 162 valence electrons. The van der Waals surface area contributed by atoms with Crippen molar-refractivity contribution in [3.63, 3.8) is 0 Å². The summed E-state index contributed by atoms with van der Waals surface area (Å²) >= 11 is 3.39. The van der Waals surface area contributed by atoms with E-state index in [0.29, 0.717) is 23.9 Å². The number of benzene rings is 2. The average molecular weight is 497 g/mol. The minimum absolute atomic E-state index is 0.0599. The summed E-state index contributed by atoms with van der Waals surface area (Å²) in [4.78, 5) is 31.5. The van der Waals surface area contributed by atoms with E-state index in [1.807, 2.05) is 31.2 Å². The normalized spacial score (nSPS) is 19.7. The van der Waals surface area contributed by atoms with Crippen molar-refractivity contribution >= 4 is 33.4 Å². The van der Waals surface area contributed by atoms with Crippen molar-refractivity contribution in [3.05, 3.63) is 58.9 Å². The number of aromatic nitrogens is 2. The van der Waals surface area contributed by atoms with Gasteiger partial charge in [0.05, 0.1) is 12.3 Å². The van der Waals surface area contributed by atoms with Gasteiger partial charge in [-0.25, -0.2) is 4.90 Å². The molecule has 0 radical (unpaired) electrons. The van der Waals surface area contributed by atoms with Crippen LogP contribution in [-0.2, 0) is 16.1 Å². The predicted molar refractivity (Wildman–Crippen MR) is 116 cm³/mol. The molecule has 0 saturated carbocycles. The van der Waals surface area contributed by atoms with Crippen molar-refractivity contribution in [1.29, 1.82) is 0 Å². The minimum Gasteiger partial charge on any atom is -0.494 e. The van der Waals surface area contributed by atoms with Crippen LogP contribution >= 0.6 is 15.9 Å². The van der Waals surface area contributed by atoms with E-state index in [-0.39, 0.29) is 12.4 Å². The van der Waals surface area contributed by atoms with E-state index in [4.69, 9.17) is 9.26 Å². The van der Waals surface area contributed by atoms with E-state index >= 15 is 0 Å². The lowest BCUT2D eigenvalue weighted by Crippen LogP contribution is -2.39. The van der Waals surface area contributed by atoms with Crippen LogP contribution in [0.3, 0.4) is 0 Å². The summed E-state index contributed by atoms with van der Waals surface area (Å²) < 4.78 is 11.7. The molecule has 10 nitrogen and oxygen atoms in total. The molecule has 32 heavy (non-hydrogen) atoms. The Kier molecular flexibility index (Phi) is 5.17. The quantitative estimate of drug-likeness (QED) is 0.480. The lowest BCUT2D eigenvalue weighted by Gasteiger charge is -2.19. The minimum atomic E-state index is -0.900. The molecule has 0 spiro atoms. The van der Waals surface area contributed by atoms with E-state index in [2.05, 4.69) is 36.4 Å². The van der Waals surface area contributed by atoms with Crippen LogP contribution in [0, 0.1) is 0 Å². The van der Waals surface area contributed by atoms with E-state index in [1.54, 1.807) is 24.3 Å². The molecule has 0 unspecified atom stereocenters. The van der Waals surface area contributed by atoms with Crippen molar-refractivity contribution in [2.45, 2.75) is 25.6 Å². The van der Waals surface area contributed by atoms with Crippen LogP contribution in [0.1, 0.15) is 12.8 Å². The monoisotopic (exact) mass is 496 g/mol. The second kappa shape index (κ2) is 8.15. The molecule has 0 bridgehead atoms. The number of hydrogen-bond acceptors (Lipinski definition) is 9. The third kappa shape index (κ3) is 3.54. The van der Waals surface area contributed by atoms with Crippen molar-refractivity contribution < 1.29 is 18.8 Å². The summed E-state index contributed by atoms with van der Waals surface area (Å²) in [6, 6.07) is 12.5. The first-order valence-electron chi connectivity index (χ1n) is 9.92. The first-order chi connectivity index (χ1) is 15.5. The van der Waals surface area contributed by atoms with Gasteiger partial charge >= 0.3 is 0 Å².